The SMILES string of the molecule is CC=O.CCN1CCC(CNC)CC1. The number of piperidine rings is 1. The van der Waals surface area contributed by atoms with Crippen LogP contribution >= 0.6 is 0 Å². The Labute approximate surface area is 87.9 Å². The van der Waals surface area contributed by atoms with Gasteiger partial charge in [0.05, 0.1) is 0 Å². The van der Waals surface area contributed by atoms with Gasteiger partial charge in [-0.1, -0.05) is 6.92 Å². The molecule has 0 aromatic heterocycles. The highest BCUT2D eigenvalue weighted by Crippen LogP contribution is 2.15. The fourth-order valence-electron chi connectivity index (χ4n) is 1.80. The number of rotatable bonds is 3. The second kappa shape index (κ2) is 9.16. The molecule has 0 bridgehead atoms. The summed E-state index contributed by atoms with van der Waals surface area (Å²) in [6, 6.07) is 0. The Morgan fingerprint density at radius 1 is 1.43 bits per heavy atom. The Balaban J connectivity index is 0.000000500. The maximum Gasteiger partial charge on any atom is 0.116 e. The van der Waals surface area contributed by atoms with E-state index in [1.165, 1.54) is 45.9 Å². The van der Waals surface area contributed by atoms with Crippen molar-refractivity contribution in [3.63, 3.8) is 0 Å². The molecule has 0 saturated carbocycles. The molecule has 1 saturated heterocycles. The van der Waals surface area contributed by atoms with Crippen molar-refractivity contribution in [1.29, 1.82) is 0 Å². The predicted octanol–water partition coefficient (Wildman–Crippen LogP) is 1.14. The maximum atomic E-state index is 8.81. The molecule has 0 aliphatic carbocycles. The molecule has 1 fully saturated rings. The van der Waals surface area contributed by atoms with Gasteiger partial charge < -0.3 is 15.0 Å². The molecule has 84 valence electrons. The third kappa shape index (κ3) is 6.11. The third-order valence-electron chi connectivity index (χ3n) is 2.65. The van der Waals surface area contributed by atoms with Gasteiger partial charge in [-0.3, -0.25) is 0 Å². The van der Waals surface area contributed by atoms with Gasteiger partial charge in [-0.05, 0) is 58.9 Å². The van der Waals surface area contributed by atoms with E-state index in [0.29, 0.717) is 0 Å². The summed E-state index contributed by atoms with van der Waals surface area (Å²) in [6.45, 7) is 8.74. The third-order valence-corrected chi connectivity index (χ3v) is 2.65. The fraction of sp³-hybridized carbons (Fsp3) is 0.909. The molecule has 1 rings (SSSR count). The maximum absolute atomic E-state index is 8.81. The molecule has 0 spiro atoms. The first kappa shape index (κ1) is 13.6. The quantitative estimate of drug-likeness (QED) is 0.693. The minimum atomic E-state index is 0.750. The molecular formula is C11H24N2O. The molecule has 0 radical (unpaired) electrons. The Hall–Kier alpha value is -0.410. The van der Waals surface area contributed by atoms with Crippen LogP contribution in [0.1, 0.15) is 26.7 Å². The molecule has 3 nitrogen and oxygen atoms in total. The number of likely N-dealkylation sites (tertiary alicyclic amines) is 1. The van der Waals surface area contributed by atoms with Crippen LogP contribution in [0.2, 0.25) is 0 Å². The molecular weight excluding hydrogens is 176 g/mol. The van der Waals surface area contributed by atoms with Gasteiger partial charge in [0.2, 0.25) is 0 Å². The smallest absolute Gasteiger partial charge is 0.116 e. The van der Waals surface area contributed by atoms with Crippen molar-refractivity contribution in [1.82, 2.24) is 10.2 Å². The first-order chi connectivity index (χ1) is 6.78. The van der Waals surface area contributed by atoms with Crippen LogP contribution in [0.4, 0.5) is 0 Å². The van der Waals surface area contributed by atoms with Crippen LogP contribution < -0.4 is 5.32 Å². The van der Waals surface area contributed by atoms with Crippen molar-refractivity contribution < 1.29 is 4.79 Å². The van der Waals surface area contributed by atoms with E-state index in [1.54, 1.807) is 0 Å². The molecule has 1 N–H and O–H groups in total. The Morgan fingerprint density at radius 2 is 1.93 bits per heavy atom. The van der Waals surface area contributed by atoms with Crippen LogP contribution in [-0.2, 0) is 4.79 Å². The van der Waals surface area contributed by atoms with Crippen molar-refractivity contribution in [3.05, 3.63) is 0 Å². The fourth-order valence-corrected chi connectivity index (χ4v) is 1.80. The lowest BCUT2D eigenvalue weighted by Crippen LogP contribution is -2.36. The minimum Gasteiger partial charge on any atom is -0.319 e. The van der Waals surface area contributed by atoms with Crippen molar-refractivity contribution in [2.45, 2.75) is 26.7 Å². The monoisotopic (exact) mass is 200 g/mol. The number of aldehydes is 1. The second-order valence-electron chi connectivity index (χ2n) is 3.67. The zero-order chi connectivity index (χ0) is 10.8. The summed E-state index contributed by atoms with van der Waals surface area (Å²) in [6.07, 6.45) is 3.52. The molecule has 0 amide bonds. The summed E-state index contributed by atoms with van der Waals surface area (Å²) >= 11 is 0. The minimum absolute atomic E-state index is 0.750. The molecule has 0 aromatic carbocycles. The molecule has 14 heavy (non-hydrogen) atoms. The first-order valence-electron chi connectivity index (χ1n) is 5.55. The van der Waals surface area contributed by atoms with E-state index in [2.05, 4.69) is 17.1 Å². The number of hydrogen-bond acceptors (Lipinski definition) is 3. The van der Waals surface area contributed by atoms with Gasteiger partial charge in [-0.25, -0.2) is 0 Å². The molecule has 1 aliphatic rings. The average molecular weight is 200 g/mol. The summed E-state index contributed by atoms with van der Waals surface area (Å²) in [5, 5.41) is 3.25. The van der Waals surface area contributed by atoms with Gasteiger partial charge in [-0.15, -0.1) is 0 Å². The van der Waals surface area contributed by atoms with E-state index in [-0.39, 0.29) is 0 Å². The van der Waals surface area contributed by atoms with E-state index in [9.17, 15) is 0 Å². The van der Waals surface area contributed by atoms with E-state index < -0.39 is 0 Å². The van der Waals surface area contributed by atoms with Gasteiger partial charge in [0.15, 0.2) is 0 Å². The van der Waals surface area contributed by atoms with Crippen LogP contribution in [0.25, 0.3) is 0 Å². The zero-order valence-corrected chi connectivity index (χ0v) is 9.75. The van der Waals surface area contributed by atoms with Crippen LogP contribution in [0.15, 0.2) is 0 Å². The lowest BCUT2D eigenvalue weighted by molar-refractivity contribution is -0.106. The van der Waals surface area contributed by atoms with Crippen LogP contribution in [0, 0.1) is 5.92 Å². The van der Waals surface area contributed by atoms with E-state index in [4.69, 9.17) is 4.79 Å². The van der Waals surface area contributed by atoms with Gasteiger partial charge >= 0.3 is 0 Å². The summed E-state index contributed by atoms with van der Waals surface area (Å²) in [5.41, 5.74) is 0. The number of nitrogens with one attached hydrogen (secondary N) is 1. The van der Waals surface area contributed by atoms with E-state index in [0.717, 1.165) is 12.2 Å². The van der Waals surface area contributed by atoms with Crippen molar-refractivity contribution in [2.75, 3.05) is 33.2 Å². The molecule has 0 atom stereocenters. The molecule has 0 unspecified atom stereocenters. The van der Waals surface area contributed by atoms with Crippen LogP contribution in [0.3, 0.4) is 0 Å². The summed E-state index contributed by atoms with van der Waals surface area (Å²) in [5.74, 6) is 0.933. The van der Waals surface area contributed by atoms with Crippen LogP contribution in [0.5, 0.6) is 0 Å². The number of nitrogens with zero attached hydrogens (tertiary/aromatic N) is 1. The number of carbonyl (C=O) groups is 1. The van der Waals surface area contributed by atoms with Gasteiger partial charge in [0, 0.05) is 0 Å². The van der Waals surface area contributed by atoms with Crippen LogP contribution in [-0.4, -0.2) is 44.4 Å². The van der Waals surface area contributed by atoms with Gasteiger partial charge in [0.25, 0.3) is 0 Å². The second-order valence-corrected chi connectivity index (χ2v) is 3.67. The van der Waals surface area contributed by atoms with Gasteiger partial charge in [0.1, 0.15) is 6.29 Å². The largest absolute Gasteiger partial charge is 0.319 e. The van der Waals surface area contributed by atoms with Crippen molar-refractivity contribution in [2.24, 2.45) is 5.92 Å². The Morgan fingerprint density at radius 3 is 2.29 bits per heavy atom. The molecule has 1 aliphatic heterocycles. The lowest BCUT2D eigenvalue weighted by Gasteiger charge is -2.30. The zero-order valence-electron chi connectivity index (χ0n) is 9.75. The number of hydrogen-bond donors (Lipinski definition) is 1. The Bertz CT molecular complexity index is 131. The van der Waals surface area contributed by atoms with E-state index in [1.807, 2.05) is 7.05 Å². The molecule has 1 heterocycles. The van der Waals surface area contributed by atoms with Gasteiger partial charge in [-0.2, -0.15) is 0 Å². The highest BCUT2D eigenvalue weighted by molar-refractivity contribution is 5.44. The van der Waals surface area contributed by atoms with Crippen molar-refractivity contribution >= 4 is 6.29 Å². The molecule has 3 heteroatoms. The number of carbonyl (C=O) groups excluding carboxylic acids is 1. The standard InChI is InChI=1S/C9H20N2.C2H4O/c1-3-11-6-4-9(5-7-11)8-10-2;1-2-3/h9-10H,3-8H2,1-2H3;2H,1H3. The normalized spacial score (nSPS) is 18.5. The predicted molar refractivity (Wildman–Crippen MR) is 60.5 cm³/mol. The summed E-state index contributed by atoms with van der Waals surface area (Å²) < 4.78 is 0. The highest BCUT2D eigenvalue weighted by Gasteiger charge is 2.16. The Kier molecular flexibility index (Phi) is 8.89. The topological polar surface area (TPSA) is 32.3 Å². The lowest BCUT2D eigenvalue weighted by atomic mass is 9.97. The highest BCUT2D eigenvalue weighted by atomic mass is 16.1. The first-order valence-corrected chi connectivity index (χ1v) is 5.55. The average Bonchev–Trinajstić information content (AvgIpc) is 2.21. The molecule has 0 aromatic rings. The van der Waals surface area contributed by atoms with Crippen molar-refractivity contribution in [3.8, 4) is 0 Å². The summed E-state index contributed by atoms with van der Waals surface area (Å²) in [4.78, 5) is 11.3. The van der Waals surface area contributed by atoms with E-state index >= 15 is 0 Å². The summed E-state index contributed by atoms with van der Waals surface area (Å²) in [7, 11) is 2.05.